The number of nitrogens with one attached hydrogen (secondary N) is 1. The van der Waals surface area contributed by atoms with Crippen LogP contribution >= 0.6 is 15.9 Å². The van der Waals surface area contributed by atoms with Gasteiger partial charge in [-0.25, -0.2) is 0 Å². The molecule has 2 fully saturated rings. The van der Waals surface area contributed by atoms with E-state index in [1.165, 1.54) is 25.7 Å². The lowest BCUT2D eigenvalue weighted by atomic mass is 9.93. The van der Waals surface area contributed by atoms with Crippen LogP contribution in [0.5, 0.6) is 5.75 Å². The van der Waals surface area contributed by atoms with Crippen LogP contribution in [0.2, 0.25) is 0 Å². The van der Waals surface area contributed by atoms with E-state index in [1.54, 1.807) is 6.07 Å². The van der Waals surface area contributed by atoms with Gasteiger partial charge in [-0.05, 0) is 55.7 Å². The van der Waals surface area contributed by atoms with E-state index in [9.17, 15) is 5.11 Å². The van der Waals surface area contributed by atoms with Crippen LogP contribution in [0.1, 0.15) is 50.6 Å². The molecular formula is C16H22BrNO. The zero-order chi connectivity index (χ0) is 13.4. The van der Waals surface area contributed by atoms with Crippen LogP contribution in [0.4, 0.5) is 0 Å². The summed E-state index contributed by atoms with van der Waals surface area (Å²) in [6, 6.07) is 6.64. The lowest BCUT2D eigenvalue weighted by Crippen LogP contribution is -2.36. The van der Waals surface area contributed by atoms with E-state index in [4.69, 9.17) is 0 Å². The van der Waals surface area contributed by atoms with Crippen LogP contribution in [0.15, 0.2) is 22.7 Å². The standard InChI is InChI=1S/C16H22BrNO/c1-2-14(13-9-12(17)5-6-16(13)19)18-15-8-10-3-4-11(15)7-10/h5-6,9-11,14-15,18-19H,2-4,7-8H2,1H3. The maximum absolute atomic E-state index is 10.1. The minimum absolute atomic E-state index is 0.266. The molecular weight excluding hydrogens is 302 g/mol. The second-order valence-corrected chi connectivity index (χ2v) is 7.03. The molecule has 0 saturated heterocycles. The van der Waals surface area contributed by atoms with Gasteiger partial charge < -0.3 is 10.4 Å². The highest BCUT2D eigenvalue weighted by molar-refractivity contribution is 9.10. The number of halogens is 1. The van der Waals surface area contributed by atoms with E-state index in [-0.39, 0.29) is 6.04 Å². The molecule has 2 bridgehead atoms. The van der Waals surface area contributed by atoms with Gasteiger partial charge in [-0.1, -0.05) is 29.3 Å². The van der Waals surface area contributed by atoms with Crippen molar-refractivity contribution in [3.05, 3.63) is 28.2 Å². The Labute approximate surface area is 123 Å². The van der Waals surface area contributed by atoms with Crippen molar-refractivity contribution < 1.29 is 5.11 Å². The van der Waals surface area contributed by atoms with Crippen molar-refractivity contribution in [3.8, 4) is 5.75 Å². The summed E-state index contributed by atoms with van der Waals surface area (Å²) in [5.74, 6) is 2.23. The van der Waals surface area contributed by atoms with Gasteiger partial charge in [-0.3, -0.25) is 0 Å². The second-order valence-electron chi connectivity index (χ2n) is 6.11. The Morgan fingerprint density at radius 2 is 2.21 bits per heavy atom. The minimum atomic E-state index is 0.266. The summed E-state index contributed by atoms with van der Waals surface area (Å²) in [6.45, 7) is 2.19. The minimum Gasteiger partial charge on any atom is -0.508 e. The predicted octanol–water partition coefficient (Wildman–Crippen LogP) is 4.38. The Balaban J connectivity index is 1.75. The molecule has 0 aliphatic heterocycles. The lowest BCUT2D eigenvalue weighted by Gasteiger charge is -2.29. The van der Waals surface area contributed by atoms with E-state index in [0.29, 0.717) is 11.8 Å². The van der Waals surface area contributed by atoms with E-state index in [1.807, 2.05) is 12.1 Å². The normalized spacial score (nSPS) is 30.7. The van der Waals surface area contributed by atoms with Gasteiger partial charge in [0.2, 0.25) is 0 Å². The molecule has 0 spiro atoms. The number of aromatic hydroxyl groups is 1. The zero-order valence-electron chi connectivity index (χ0n) is 11.4. The highest BCUT2D eigenvalue weighted by Crippen LogP contribution is 2.45. The Bertz CT molecular complexity index is 462. The molecule has 4 unspecified atom stereocenters. The molecule has 19 heavy (non-hydrogen) atoms. The van der Waals surface area contributed by atoms with Crippen molar-refractivity contribution >= 4 is 15.9 Å². The fourth-order valence-corrected chi connectivity index (χ4v) is 4.32. The fraction of sp³-hybridized carbons (Fsp3) is 0.625. The molecule has 2 saturated carbocycles. The fourth-order valence-electron chi connectivity index (χ4n) is 3.94. The summed E-state index contributed by atoms with van der Waals surface area (Å²) >= 11 is 3.50. The van der Waals surface area contributed by atoms with Gasteiger partial charge in [0.25, 0.3) is 0 Å². The average Bonchev–Trinajstić information content (AvgIpc) is 3.01. The smallest absolute Gasteiger partial charge is 0.120 e. The maximum Gasteiger partial charge on any atom is 0.120 e. The van der Waals surface area contributed by atoms with E-state index in [0.717, 1.165) is 28.3 Å². The van der Waals surface area contributed by atoms with Gasteiger partial charge in [-0.15, -0.1) is 0 Å². The zero-order valence-corrected chi connectivity index (χ0v) is 13.0. The van der Waals surface area contributed by atoms with E-state index >= 15 is 0 Å². The van der Waals surface area contributed by atoms with Gasteiger partial charge in [0, 0.05) is 22.1 Å². The molecule has 3 heteroatoms. The quantitative estimate of drug-likeness (QED) is 0.861. The summed E-state index contributed by atoms with van der Waals surface area (Å²) in [5.41, 5.74) is 1.03. The monoisotopic (exact) mass is 323 g/mol. The largest absolute Gasteiger partial charge is 0.508 e. The summed E-state index contributed by atoms with van der Waals surface area (Å²) in [5, 5.41) is 13.9. The molecule has 2 N–H and O–H groups in total. The first kappa shape index (κ1) is 13.4. The highest BCUT2D eigenvalue weighted by Gasteiger charge is 2.40. The Morgan fingerprint density at radius 3 is 2.84 bits per heavy atom. The number of hydrogen-bond acceptors (Lipinski definition) is 2. The van der Waals surface area contributed by atoms with Crippen LogP contribution in [0.3, 0.4) is 0 Å². The maximum atomic E-state index is 10.1. The first-order valence-electron chi connectivity index (χ1n) is 7.41. The summed E-state index contributed by atoms with van der Waals surface area (Å²) in [6.07, 6.45) is 6.58. The summed E-state index contributed by atoms with van der Waals surface area (Å²) in [7, 11) is 0. The molecule has 0 amide bonds. The third kappa shape index (κ3) is 2.68. The predicted molar refractivity (Wildman–Crippen MR) is 81.2 cm³/mol. The van der Waals surface area contributed by atoms with Crippen LogP contribution in [-0.4, -0.2) is 11.1 Å². The molecule has 1 aromatic rings. The van der Waals surface area contributed by atoms with Crippen molar-refractivity contribution in [2.45, 2.75) is 51.1 Å². The van der Waals surface area contributed by atoms with Gasteiger partial charge in [0.15, 0.2) is 0 Å². The number of phenolic OH excluding ortho intramolecular Hbond substituents is 1. The number of phenols is 1. The molecule has 104 valence electrons. The van der Waals surface area contributed by atoms with Gasteiger partial charge in [0.05, 0.1) is 0 Å². The Morgan fingerprint density at radius 1 is 1.37 bits per heavy atom. The lowest BCUT2D eigenvalue weighted by molar-refractivity contribution is 0.311. The Kier molecular flexibility index (Phi) is 3.86. The average molecular weight is 324 g/mol. The van der Waals surface area contributed by atoms with Crippen molar-refractivity contribution in [1.82, 2.24) is 5.32 Å². The van der Waals surface area contributed by atoms with E-state index < -0.39 is 0 Å². The highest BCUT2D eigenvalue weighted by atomic mass is 79.9. The van der Waals surface area contributed by atoms with Gasteiger partial charge >= 0.3 is 0 Å². The van der Waals surface area contributed by atoms with Crippen molar-refractivity contribution in [1.29, 1.82) is 0 Å². The molecule has 2 nitrogen and oxygen atoms in total. The van der Waals surface area contributed by atoms with Crippen LogP contribution in [-0.2, 0) is 0 Å². The van der Waals surface area contributed by atoms with Gasteiger partial charge in [0.1, 0.15) is 5.75 Å². The SMILES string of the molecule is CCC(NC1CC2CCC1C2)c1cc(Br)ccc1O. The van der Waals surface area contributed by atoms with Crippen molar-refractivity contribution in [2.75, 3.05) is 0 Å². The molecule has 0 aromatic heterocycles. The summed E-state index contributed by atoms with van der Waals surface area (Å²) < 4.78 is 1.04. The van der Waals surface area contributed by atoms with Crippen molar-refractivity contribution in [2.24, 2.45) is 11.8 Å². The van der Waals surface area contributed by atoms with E-state index in [2.05, 4.69) is 28.2 Å². The molecule has 2 aliphatic rings. The topological polar surface area (TPSA) is 32.3 Å². The molecule has 1 aromatic carbocycles. The second kappa shape index (κ2) is 5.45. The van der Waals surface area contributed by atoms with Crippen LogP contribution in [0, 0.1) is 11.8 Å². The molecule has 3 rings (SSSR count). The molecule has 2 aliphatic carbocycles. The third-order valence-electron chi connectivity index (χ3n) is 4.93. The van der Waals surface area contributed by atoms with Crippen LogP contribution in [0.25, 0.3) is 0 Å². The first-order chi connectivity index (χ1) is 9.17. The Hall–Kier alpha value is -0.540. The van der Waals surface area contributed by atoms with Gasteiger partial charge in [-0.2, -0.15) is 0 Å². The number of hydrogen-bond donors (Lipinski definition) is 2. The molecule has 0 radical (unpaired) electrons. The number of fused-ring (bicyclic) bond motifs is 2. The molecule has 0 heterocycles. The van der Waals surface area contributed by atoms with Crippen molar-refractivity contribution in [3.63, 3.8) is 0 Å². The van der Waals surface area contributed by atoms with Crippen LogP contribution < -0.4 is 5.32 Å². The number of benzene rings is 1. The molecule has 4 atom stereocenters. The third-order valence-corrected chi connectivity index (χ3v) is 5.42. The first-order valence-corrected chi connectivity index (χ1v) is 8.21. The summed E-state index contributed by atoms with van der Waals surface area (Å²) in [4.78, 5) is 0. The number of rotatable bonds is 4.